The molecule has 2 N–H and O–H groups in total. The zero-order valence-electron chi connectivity index (χ0n) is 14.0. The highest BCUT2D eigenvalue weighted by Gasteiger charge is 2.21. The molecule has 8 heteroatoms. The molecule has 0 saturated heterocycles. The maximum Gasteiger partial charge on any atom is 0.315 e. The molecular formula is C17H18N4O3S. The number of fused-ring (bicyclic) bond motifs is 1. The molecule has 0 fully saturated rings. The van der Waals surface area contributed by atoms with Crippen LogP contribution in [0.15, 0.2) is 24.3 Å². The molecule has 2 heterocycles. The Kier molecular flexibility index (Phi) is 4.91. The number of benzene rings is 1. The van der Waals surface area contributed by atoms with Crippen LogP contribution in [0.2, 0.25) is 0 Å². The smallest absolute Gasteiger partial charge is 0.315 e. The highest BCUT2D eigenvalue weighted by atomic mass is 32.1. The lowest BCUT2D eigenvalue weighted by atomic mass is 10.1. The van der Waals surface area contributed by atoms with Gasteiger partial charge >= 0.3 is 11.8 Å². The van der Waals surface area contributed by atoms with Crippen LogP contribution in [0.1, 0.15) is 27.9 Å². The van der Waals surface area contributed by atoms with Gasteiger partial charge in [-0.2, -0.15) is 0 Å². The fraction of sp³-hybridized carbons (Fsp3) is 0.294. The van der Waals surface area contributed by atoms with E-state index in [0.717, 1.165) is 30.1 Å². The van der Waals surface area contributed by atoms with Gasteiger partial charge in [-0.05, 0) is 38.2 Å². The van der Waals surface area contributed by atoms with Crippen molar-refractivity contribution in [1.82, 2.24) is 9.88 Å². The lowest BCUT2D eigenvalue weighted by Crippen LogP contribution is -2.29. The van der Waals surface area contributed by atoms with Gasteiger partial charge in [0.1, 0.15) is 0 Å². The third-order valence-electron chi connectivity index (χ3n) is 3.90. The minimum Gasteiger partial charge on any atom is -0.318 e. The zero-order chi connectivity index (χ0) is 18.0. The Morgan fingerprint density at radius 2 is 1.80 bits per heavy atom. The Hall–Kier alpha value is -2.58. The topological polar surface area (TPSA) is 91.4 Å². The van der Waals surface area contributed by atoms with Gasteiger partial charge in [0.25, 0.3) is 0 Å². The maximum atomic E-state index is 12.0. The molecule has 2 aromatic rings. The Morgan fingerprint density at radius 1 is 1.12 bits per heavy atom. The van der Waals surface area contributed by atoms with Crippen molar-refractivity contribution in [2.75, 3.05) is 24.2 Å². The Morgan fingerprint density at radius 3 is 2.48 bits per heavy atom. The minimum atomic E-state index is -0.777. The summed E-state index contributed by atoms with van der Waals surface area (Å²) in [5.74, 6) is -1.61. The summed E-state index contributed by atoms with van der Waals surface area (Å²) in [6.45, 7) is 3.20. The largest absolute Gasteiger partial charge is 0.318 e. The number of hydrogen-bond acceptors (Lipinski definition) is 6. The van der Waals surface area contributed by atoms with Gasteiger partial charge in [-0.3, -0.25) is 19.7 Å². The van der Waals surface area contributed by atoms with Crippen molar-refractivity contribution in [3.05, 3.63) is 40.4 Å². The van der Waals surface area contributed by atoms with Crippen LogP contribution >= 0.6 is 11.3 Å². The average molecular weight is 358 g/mol. The van der Waals surface area contributed by atoms with Crippen LogP contribution in [0.5, 0.6) is 0 Å². The number of nitrogens with zero attached hydrogens (tertiary/aromatic N) is 2. The fourth-order valence-electron chi connectivity index (χ4n) is 2.51. The van der Waals surface area contributed by atoms with Crippen molar-refractivity contribution >= 4 is 39.8 Å². The van der Waals surface area contributed by atoms with Gasteiger partial charge in [0.15, 0.2) is 10.9 Å². The van der Waals surface area contributed by atoms with Gasteiger partial charge in [-0.1, -0.05) is 0 Å². The molecule has 0 saturated carbocycles. The number of nitrogens with one attached hydrogen (secondary N) is 2. The number of anilines is 2. The van der Waals surface area contributed by atoms with E-state index in [1.165, 1.54) is 18.3 Å². The molecule has 3 rings (SSSR count). The third-order valence-corrected chi connectivity index (χ3v) is 4.90. The van der Waals surface area contributed by atoms with E-state index >= 15 is 0 Å². The minimum absolute atomic E-state index is 0.0611. The summed E-state index contributed by atoms with van der Waals surface area (Å²) in [7, 11) is 2.03. The Bertz CT molecular complexity index is 829. The number of Topliss-reactive ketones (excluding diaryl/α,β-unsaturated/α-hetero) is 1. The third kappa shape index (κ3) is 4.09. The maximum absolute atomic E-state index is 12.0. The SMILES string of the molecule is CC(=O)c1ccc(NC(=O)C(=O)Nc2nc3c(s2)CN(C)CC3)cc1. The van der Waals surface area contributed by atoms with Gasteiger partial charge in [0.2, 0.25) is 0 Å². The highest BCUT2D eigenvalue weighted by Crippen LogP contribution is 2.27. The molecule has 0 unspecified atom stereocenters. The number of carbonyl (C=O) groups is 3. The lowest BCUT2D eigenvalue weighted by molar-refractivity contribution is -0.132. The van der Waals surface area contributed by atoms with Crippen molar-refractivity contribution < 1.29 is 14.4 Å². The monoisotopic (exact) mass is 358 g/mol. The van der Waals surface area contributed by atoms with Crippen LogP contribution in [0, 0.1) is 0 Å². The average Bonchev–Trinajstić information content (AvgIpc) is 2.96. The molecule has 0 aliphatic carbocycles. The first-order valence-corrected chi connectivity index (χ1v) is 8.64. The molecule has 0 radical (unpaired) electrons. The summed E-state index contributed by atoms with van der Waals surface area (Å²) in [4.78, 5) is 43.0. The molecule has 0 bridgehead atoms. The summed E-state index contributed by atoms with van der Waals surface area (Å²) >= 11 is 1.39. The molecule has 7 nitrogen and oxygen atoms in total. The number of aromatic nitrogens is 1. The fourth-order valence-corrected chi connectivity index (χ4v) is 3.59. The molecular weight excluding hydrogens is 340 g/mol. The van der Waals surface area contributed by atoms with E-state index in [4.69, 9.17) is 0 Å². The van der Waals surface area contributed by atoms with Crippen LogP contribution < -0.4 is 10.6 Å². The van der Waals surface area contributed by atoms with Crippen LogP contribution in [0.3, 0.4) is 0 Å². The summed E-state index contributed by atoms with van der Waals surface area (Å²) < 4.78 is 0. The molecule has 0 atom stereocenters. The van der Waals surface area contributed by atoms with Crippen LogP contribution in [-0.2, 0) is 22.6 Å². The zero-order valence-corrected chi connectivity index (χ0v) is 14.8. The second-order valence-electron chi connectivity index (χ2n) is 5.92. The van der Waals surface area contributed by atoms with Crippen LogP contribution in [-0.4, -0.2) is 41.1 Å². The number of carbonyl (C=O) groups excluding carboxylic acids is 3. The second kappa shape index (κ2) is 7.12. The molecule has 25 heavy (non-hydrogen) atoms. The Balaban J connectivity index is 1.61. The van der Waals surface area contributed by atoms with Crippen LogP contribution in [0.4, 0.5) is 10.8 Å². The van der Waals surface area contributed by atoms with Gasteiger partial charge in [0, 0.05) is 35.6 Å². The van der Waals surface area contributed by atoms with E-state index in [1.54, 1.807) is 24.3 Å². The van der Waals surface area contributed by atoms with E-state index in [2.05, 4.69) is 20.5 Å². The number of thiazole rings is 1. The van der Waals surface area contributed by atoms with E-state index in [-0.39, 0.29) is 5.78 Å². The van der Waals surface area contributed by atoms with Crippen molar-refractivity contribution in [3.63, 3.8) is 0 Å². The Labute approximate surface area is 149 Å². The predicted octanol–water partition coefficient (Wildman–Crippen LogP) is 1.91. The predicted molar refractivity (Wildman–Crippen MR) is 95.9 cm³/mol. The molecule has 2 amide bonds. The van der Waals surface area contributed by atoms with E-state index in [0.29, 0.717) is 16.4 Å². The number of amides is 2. The standard InChI is InChI=1S/C17H18N4O3S/c1-10(22)11-3-5-12(6-4-11)18-15(23)16(24)20-17-19-13-7-8-21(2)9-14(13)25-17/h3-6H,7-9H2,1-2H3,(H,18,23)(H,19,20,24). The van der Waals surface area contributed by atoms with Crippen molar-refractivity contribution in [1.29, 1.82) is 0 Å². The number of ketones is 1. The number of hydrogen-bond donors (Lipinski definition) is 2. The molecule has 130 valence electrons. The van der Waals surface area contributed by atoms with Gasteiger partial charge < -0.3 is 10.2 Å². The molecule has 1 aromatic heterocycles. The second-order valence-corrected chi connectivity index (χ2v) is 7.00. The molecule has 1 aliphatic heterocycles. The van der Waals surface area contributed by atoms with E-state index in [1.807, 2.05) is 7.05 Å². The van der Waals surface area contributed by atoms with Crippen molar-refractivity contribution in [3.8, 4) is 0 Å². The van der Waals surface area contributed by atoms with Crippen molar-refractivity contribution in [2.45, 2.75) is 19.9 Å². The number of rotatable bonds is 3. The van der Waals surface area contributed by atoms with Gasteiger partial charge in [0.05, 0.1) is 5.69 Å². The van der Waals surface area contributed by atoms with Crippen LogP contribution in [0.25, 0.3) is 0 Å². The first-order valence-electron chi connectivity index (χ1n) is 7.83. The highest BCUT2D eigenvalue weighted by molar-refractivity contribution is 7.16. The van der Waals surface area contributed by atoms with E-state index in [9.17, 15) is 14.4 Å². The molecule has 1 aliphatic rings. The van der Waals surface area contributed by atoms with Gasteiger partial charge in [-0.15, -0.1) is 11.3 Å². The number of likely N-dealkylation sites (N-methyl/N-ethyl adjacent to an activating group) is 1. The lowest BCUT2D eigenvalue weighted by Gasteiger charge is -2.20. The first-order chi connectivity index (χ1) is 11.9. The summed E-state index contributed by atoms with van der Waals surface area (Å²) in [6, 6.07) is 6.36. The molecule has 0 spiro atoms. The quantitative estimate of drug-likeness (QED) is 0.646. The summed E-state index contributed by atoms with van der Waals surface area (Å²) in [5.41, 5.74) is 1.98. The van der Waals surface area contributed by atoms with Gasteiger partial charge in [-0.25, -0.2) is 4.98 Å². The normalized spacial score (nSPS) is 13.8. The summed E-state index contributed by atoms with van der Waals surface area (Å²) in [6.07, 6.45) is 0.840. The first kappa shape index (κ1) is 17.2. The van der Waals surface area contributed by atoms with Crippen molar-refractivity contribution in [2.24, 2.45) is 0 Å². The molecule has 1 aromatic carbocycles. The van der Waals surface area contributed by atoms with E-state index < -0.39 is 11.8 Å². The summed E-state index contributed by atoms with van der Waals surface area (Å²) in [5, 5.41) is 5.49.